The van der Waals surface area contributed by atoms with Crippen LogP contribution in [0.1, 0.15) is 10.5 Å². The minimum absolute atomic E-state index is 0.230. The first-order valence-electron chi connectivity index (χ1n) is 7.97. The summed E-state index contributed by atoms with van der Waals surface area (Å²) < 4.78 is 1.67. The maximum Gasteiger partial charge on any atom is 0.274 e. The molecule has 1 amide bonds. The van der Waals surface area contributed by atoms with E-state index in [1.165, 1.54) is 0 Å². The first-order valence-corrected chi connectivity index (χ1v) is 9.23. The minimum atomic E-state index is -0.230. The average molecular weight is 380 g/mol. The molecule has 128 valence electrons. The molecule has 2 aromatic heterocycles. The summed E-state index contributed by atoms with van der Waals surface area (Å²) in [5.74, 6) is -0.230. The van der Waals surface area contributed by atoms with Crippen LogP contribution in [0, 0.1) is 0 Å². The Morgan fingerprint density at radius 3 is 2.46 bits per heavy atom. The third-order valence-electron chi connectivity index (χ3n) is 3.82. The van der Waals surface area contributed by atoms with Crippen LogP contribution in [0.15, 0.2) is 78.2 Å². The molecule has 0 saturated heterocycles. The van der Waals surface area contributed by atoms with Gasteiger partial charge in [0.25, 0.3) is 5.91 Å². The number of rotatable bonds is 4. The molecule has 4 aromatic rings. The second-order valence-electron chi connectivity index (χ2n) is 5.60. The lowest BCUT2D eigenvalue weighted by Gasteiger charge is -2.08. The van der Waals surface area contributed by atoms with E-state index in [0.717, 1.165) is 16.3 Å². The van der Waals surface area contributed by atoms with Crippen LogP contribution >= 0.6 is 22.9 Å². The predicted octanol–water partition coefficient (Wildman–Crippen LogP) is 5.51. The van der Waals surface area contributed by atoms with Gasteiger partial charge in [-0.3, -0.25) is 4.79 Å². The summed E-state index contributed by atoms with van der Waals surface area (Å²) in [6.45, 7) is 0. The SMILES string of the molecule is O=C(Nc1ccc(Cl)cc1)c1cc(-c2cccs2)nn1-c1ccccc1. The first kappa shape index (κ1) is 16.6. The number of aromatic nitrogens is 2. The molecule has 0 bridgehead atoms. The molecule has 2 heterocycles. The molecule has 0 aliphatic carbocycles. The fraction of sp³-hybridized carbons (Fsp3) is 0. The molecule has 0 aliphatic heterocycles. The van der Waals surface area contributed by atoms with Crippen molar-refractivity contribution < 1.29 is 4.79 Å². The number of amides is 1. The number of halogens is 1. The summed E-state index contributed by atoms with van der Waals surface area (Å²) in [5.41, 5.74) is 2.74. The summed E-state index contributed by atoms with van der Waals surface area (Å²) >= 11 is 7.49. The van der Waals surface area contributed by atoms with Crippen molar-refractivity contribution in [2.45, 2.75) is 0 Å². The third kappa shape index (κ3) is 3.40. The molecule has 2 aromatic carbocycles. The fourth-order valence-corrected chi connectivity index (χ4v) is 3.39. The fourth-order valence-electron chi connectivity index (χ4n) is 2.58. The standard InChI is InChI=1S/C20H14ClN3OS/c21-14-8-10-15(11-9-14)22-20(25)18-13-17(19-7-4-12-26-19)23-24(18)16-5-2-1-3-6-16/h1-13H,(H,22,25). The molecule has 6 heteroatoms. The Morgan fingerprint density at radius 1 is 1.00 bits per heavy atom. The molecule has 0 saturated carbocycles. The summed E-state index contributed by atoms with van der Waals surface area (Å²) in [4.78, 5) is 13.9. The van der Waals surface area contributed by atoms with Crippen molar-refractivity contribution in [3.63, 3.8) is 0 Å². The van der Waals surface area contributed by atoms with Crippen LogP contribution in [0.4, 0.5) is 5.69 Å². The molecule has 26 heavy (non-hydrogen) atoms. The van der Waals surface area contributed by atoms with Gasteiger partial charge in [-0.1, -0.05) is 35.9 Å². The normalized spacial score (nSPS) is 10.7. The highest BCUT2D eigenvalue weighted by Gasteiger charge is 2.18. The zero-order chi connectivity index (χ0) is 17.9. The van der Waals surface area contributed by atoms with Crippen molar-refractivity contribution in [3.05, 3.63) is 88.9 Å². The highest BCUT2D eigenvalue weighted by molar-refractivity contribution is 7.13. The Hall–Kier alpha value is -2.89. The topological polar surface area (TPSA) is 46.9 Å². The number of thiophene rings is 1. The van der Waals surface area contributed by atoms with E-state index in [0.29, 0.717) is 16.4 Å². The lowest BCUT2D eigenvalue weighted by Crippen LogP contribution is -2.16. The number of hydrogen-bond acceptors (Lipinski definition) is 3. The van der Waals surface area contributed by atoms with Gasteiger partial charge in [0.15, 0.2) is 0 Å². The lowest BCUT2D eigenvalue weighted by molar-refractivity contribution is 0.101. The van der Waals surface area contributed by atoms with Gasteiger partial charge in [-0.15, -0.1) is 11.3 Å². The third-order valence-corrected chi connectivity index (χ3v) is 4.96. The van der Waals surface area contributed by atoms with E-state index in [4.69, 9.17) is 11.6 Å². The van der Waals surface area contributed by atoms with Gasteiger partial charge in [-0.05, 0) is 53.9 Å². The average Bonchev–Trinajstić information content (AvgIpc) is 3.34. The Morgan fingerprint density at radius 2 is 1.77 bits per heavy atom. The van der Waals surface area contributed by atoms with E-state index in [-0.39, 0.29) is 5.91 Å². The number of carbonyl (C=O) groups is 1. The van der Waals surface area contributed by atoms with Gasteiger partial charge in [0.2, 0.25) is 0 Å². The highest BCUT2D eigenvalue weighted by Crippen LogP contribution is 2.26. The summed E-state index contributed by atoms with van der Waals surface area (Å²) in [7, 11) is 0. The Labute approximate surface area is 159 Å². The number of hydrogen-bond donors (Lipinski definition) is 1. The molecule has 0 spiro atoms. The molecule has 0 aliphatic rings. The molecule has 4 nitrogen and oxygen atoms in total. The molecule has 0 atom stereocenters. The number of anilines is 1. The van der Waals surface area contributed by atoms with Crippen molar-refractivity contribution in [1.29, 1.82) is 0 Å². The van der Waals surface area contributed by atoms with Gasteiger partial charge < -0.3 is 5.32 Å². The van der Waals surface area contributed by atoms with E-state index in [9.17, 15) is 4.79 Å². The summed E-state index contributed by atoms with van der Waals surface area (Å²) in [6.07, 6.45) is 0. The van der Waals surface area contributed by atoms with Crippen molar-refractivity contribution in [2.75, 3.05) is 5.32 Å². The molecule has 4 rings (SSSR count). The number of nitrogens with one attached hydrogen (secondary N) is 1. The van der Waals surface area contributed by atoms with Crippen LogP contribution in [0.3, 0.4) is 0 Å². The Balaban J connectivity index is 1.73. The second-order valence-corrected chi connectivity index (χ2v) is 6.98. The molecule has 1 N–H and O–H groups in total. The van der Waals surface area contributed by atoms with Gasteiger partial charge in [0, 0.05) is 10.7 Å². The van der Waals surface area contributed by atoms with Crippen LogP contribution in [0.5, 0.6) is 0 Å². The van der Waals surface area contributed by atoms with Crippen molar-refractivity contribution >= 4 is 34.5 Å². The first-order chi connectivity index (χ1) is 12.7. The van der Waals surface area contributed by atoms with Crippen molar-refractivity contribution in [3.8, 4) is 16.3 Å². The zero-order valence-electron chi connectivity index (χ0n) is 13.6. The highest BCUT2D eigenvalue weighted by atomic mass is 35.5. The second kappa shape index (κ2) is 7.15. The van der Waals surface area contributed by atoms with E-state index in [2.05, 4.69) is 10.4 Å². The lowest BCUT2D eigenvalue weighted by atomic mass is 10.2. The number of para-hydroxylation sites is 1. The van der Waals surface area contributed by atoms with Gasteiger partial charge in [0.1, 0.15) is 11.4 Å². The monoisotopic (exact) mass is 379 g/mol. The molecule has 0 radical (unpaired) electrons. The van der Waals surface area contributed by atoms with Crippen molar-refractivity contribution in [1.82, 2.24) is 9.78 Å². The molecular weight excluding hydrogens is 366 g/mol. The summed E-state index contributed by atoms with van der Waals surface area (Å²) in [5, 5.41) is 10.2. The van der Waals surface area contributed by atoms with E-state index >= 15 is 0 Å². The van der Waals surface area contributed by atoms with Gasteiger partial charge >= 0.3 is 0 Å². The smallest absolute Gasteiger partial charge is 0.274 e. The van der Waals surface area contributed by atoms with Crippen LogP contribution in [-0.2, 0) is 0 Å². The molecule has 0 unspecified atom stereocenters. The number of carbonyl (C=O) groups excluding carboxylic acids is 1. The Kier molecular flexibility index (Phi) is 4.56. The minimum Gasteiger partial charge on any atom is -0.321 e. The van der Waals surface area contributed by atoms with Crippen LogP contribution in [0.25, 0.3) is 16.3 Å². The largest absolute Gasteiger partial charge is 0.321 e. The summed E-state index contributed by atoms with van der Waals surface area (Å²) in [6, 6.07) is 22.4. The quantitative estimate of drug-likeness (QED) is 0.508. The predicted molar refractivity (Wildman–Crippen MR) is 106 cm³/mol. The Bertz CT molecular complexity index is 1020. The van der Waals surface area contributed by atoms with Crippen LogP contribution in [0.2, 0.25) is 5.02 Å². The van der Waals surface area contributed by atoms with E-state index < -0.39 is 0 Å². The number of nitrogens with zero attached hydrogens (tertiary/aromatic N) is 2. The maximum absolute atomic E-state index is 12.9. The van der Waals surface area contributed by atoms with E-state index in [1.807, 2.05) is 53.9 Å². The van der Waals surface area contributed by atoms with Crippen LogP contribution in [-0.4, -0.2) is 15.7 Å². The van der Waals surface area contributed by atoms with Gasteiger partial charge in [0.05, 0.1) is 10.6 Å². The van der Waals surface area contributed by atoms with Crippen LogP contribution < -0.4 is 5.32 Å². The number of benzene rings is 2. The van der Waals surface area contributed by atoms with Gasteiger partial charge in [-0.25, -0.2) is 4.68 Å². The molecule has 0 fully saturated rings. The van der Waals surface area contributed by atoms with Gasteiger partial charge in [-0.2, -0.15) is 5.10 Å². The maximum atomic E-state index is 12.9. The zero-order valence-corrected chi connectivity index (χ0v) is 15.2. The molecular formula is C20H14ClN3OS. The van der Waals surface area contributed by atoms with Crippen molar-refractivity contribution in [2.24, 2.45) is 0 Å². The van der Waals surface area contributed by atoms with E-state index in [1.54, 1.807) is 40.3 Å².